The molecule has 1 aromatic heterocycles. The first-order chi connectivity index (χ1) is 12.6. The zero-order valence-electron chi connectivity index (χ0n) is 15.1. The Kier molecular flexibility index (Phi) is 6.33. The minimum atomic E-state index is -0.213. The molecule has 0 aliphatic carbocycles. The van der Waals surface area contributed by atoms with Crippen LogP contribution in [-0.2, 0) is 17.8 Å². The van der Waals surface area contributed by atoms with Gasteiger partial charge in [-0.3, -0.25) is 9.48 Å². The number of carbonyl (C=O) groups is 1. The number of piperidine rings is 1. The standard InChI is InChI=1S/C19H26FN5O/c1-24-9-3-7-17(18(24)12-15-5-2-6-16(20)11-15)23-19(26)8-4-10-25-14-21-13-22-25/h2,5-6,11,13-14,17-18H,3-4,7-10,12H2,1H3,(H,23,26)/t17-,18-/m0/s1. The molecule has 1 aromatic carbocycles. The third-order valence-corrected chi connectivity index (χ3v) is 4.99. The molecule has 1 amide bonds. The van der Waals surface area contributed by atoms with Gasteiger partial charge in [0, 0.05) is 25.0 Å². The summed E-state index contributed by atoms with van der Waals surface area (Å²) in [6.07, 6.45) is 7.09. The number of hydrogen-bond acceptors (Lipinski definition) is 4. The van der Waals surface area contributed by atoms with E-state index < -0.39 is 0 Å². The van der Waals surface area contributed by atoms with Gasteiger partial charge in [-0.15, -0.1) is 0 Å². The molecule has 0 radical (unpaired) electrons. The minimum absolute atomic E-state index is 0.0645. The molecular formula is C19H26FN5O. The number of benzene rings is 1. The van der Waals surface area contributed by atoms with Gasteiger partial charge in [0.2, 0.25) is 5.91 Å². The Morgan fingerprint density at radius 2 is 2.31 bits per heavy atom. The van der Waals surface area contributed by atoms with Gasteiger partial charge in [0.25, 0.3) is 0 Å². The maximum atomic E-state index is 13.5. The van der Waals surface area contributed by atoms with Crippen molar-refractivity contribution in [1.82, 2.24) is 25.0 Å². The SMILES string of the molecule is CN1CCC[C@H](NC(=O)CCCn2cncn2)[C@@H]1Cc1cccc(F)c1. The van der Waals surface area contributed by atoms with Crippen LogP contribution in [0.25, 0.3) is 0 Å². The number of likely N-dealkylation sites (N-methyl/N-ethyl adjacent to an activating group) is 1. The quantitative estimate of drug-likeness (QED) is 0.822. The third kappa shape index (κ3) is 5.11. The highest BCUT2D eigenvalue weighted by molar-refractivity contribution is 5.76. The summed E-state index contributed by atoms with van der Waals surface area (Å²) in [6.45, 7) is 1.68. The largest absolute Gasteiger partial charge is 0.352 e. The number of likely N-dealkylation sites (tertiary alicyclic amines) is 1. The second-order valence-electron chi connectivity index (χ2n) is 6.96. The fourth-order valence-corrected chi connectivity index (χ4v) is 3.63. The lowest BCUT2D eigenvalue weighted by Crippen LogP contribution is -2.54. The van der Waals surface area contributed by atoms with Crippen LogP contribution in [-0.4, -0.2) is 51.2 Å². The van der Waals surface area contributed by atoms with Crippen LogP contribution >= 0.6 is 0 Å². The molecular weight excluding hydrogens is 333 g/mol. The van der Waals surface area contributed by atoms with E-state index in [1.807, 2.05) is 6.07 Å². The predicted molar refractivity (Wildman–Crippen MR) is 96.9 cm³/mol. The molecule has 6 nitrogen and oxygen atoms in total. The summed E-state index contributed by atoms with van der Waals surface area (Å²) in [4.78, 5) is 18.5. The lowest BCUT2D eigenvalue weighted by atomic mass is 9.91. The molecule has 7 heteroatoms. The number of nitrogens with one attached hydrogen (secondary N) is 1. The molecule has 2 heterocycles. The zero-order chi connectivity index (χ0) is 18.4. The van der Waals surface area contributed by atoms with Crippen LogP contribution in [0.2, 0.25) is 0 Å². The molecule has 0 spiro atoms. The number of rotatable bonds is 7. The molecule has 2 aromatic rings. The number of halogens is 1. The van der Waals surface area contributed by atoms with Gasteiger partial charge in [0.05, 0.1) is 0 Å². The van der Waals surface area contributed by atoms with E-state index in [2.05, 4.69) is 27.3 Å². The molecule has 0 saturated carbocycles. The Hall–Kier alpha value is -2.28. The maximum Gasteiger partial charge on any atom is 0.220 e. The van der Waals surface area contributed by atoms with Crippen LogP contribution in [0.5, 0.6) is 0 Å². The van der Waals surface area contributed by atoms with Crippen LogP contribution in [0, 0.1) is 5.82 Å². The van der Waals surface area contributed by atoms with E-state index in [4.69, 9.17) is 0 Å². The number of carbonyl (C=O) groups excluding carboxylic acids is 1. The molecule has 26 heavy (non-hydrogen) atoms. The van der Waals surface area contributed by atoms with Crippen LogP contribution in [0.1, 0.15) is 31.2 Å². The molecule has 1 N–H and O–H groups in total. The highest BCUT2D eigenvalue weighted by atomic mass is 19.1. The second-order valence-corrected chi connectivity index (χ2v) is 6.96. The number of aromatic nitrogens is 3. The Morgan fingerprint density at radius 1 is 1.42 bits per heavy atom. The van der Waals surface area contributed by atoms with Crippen LogP contribution < -0.4 is 5.32 Å². The van der Waals surface area contributed by atoms with Gasteiger partial charge < -0.3 is 10.2 Å². The van der Waals surface area contributed by atoms with E-state index >= 15 is 0 Å². The van der Waals surface area contributed by atoms with Gasteiger partial charge in [-0.25, -0.2) is 9.37 Å². The first kappa shape index (κ1) is 18.5. The van der Waals surface area contributed by atoms with Crippen molar-refractivity contribution in [3.8, 4) is 0 Å². The highest BCUT2D eigenvalue weighted by Crippen LogP contribution is 2.21. The Labute approximate surface area is 153 Å². The first-order valence-corrected chi connectivity index (χ1v) is 9.18. The molecule has 1 saturated heterocycles. The van der Waals surface area contributed by atoms with Crippen molar-refractivity contribution in [3.05, 3.63) is 48.3 Å². The van der Waals surface area contributed by atoms with Gasteiger partial charge in [0.15, 0.2) is 0 Å². The summed E-state index contributed by atoms with van der Waals surface area (Å²) in [5.74, 6) is -0.149. The molecule has 1 fully saturated rings. The Balaban J connectivity index is 1.54. The number of amides is 1. The topological polar surface area (TPSA) is 63.1 Å². The molecule has 140 valence electrons. The second kappa shape index (κ2) is 8.89. The average Bonchev–Trinajstić information content (AvgIpc) is 3.11. The van der Waals surface area contributed by atoms with Crippen LogP contribution in [0.3, 0.4) is 0 Å². The fraction of sp³-hybridized carbons (Fsp3) is 0.526. The first-order valence-electron chi connectivity index (χ1n) is 9.18. The summed E-state index contributed by atoms with van der Waals surface area (Å²) in [5, 5.41) is 7.24. The van der Waals surface area contributed by atoms with Crippen LogP contribution in [0.4, 0.5) is 4.39 Å². The van der Waals surface area contributed by atoms with E-state index in [9.17, 15) is 9.18 Å². The van der Waals surface area contributed by atoms with E-state index in [-0.39, 0.29) is 23.8 Å². The van der Waals surface area contributed by atoms with Crippen molar-refractivity contribution in [2.75, 3.05) is 13.6 Å². The average molecular weight is 359 g/mol. The summed E-state index contributed by atoms with van der Waals surface area (Å²) < 4.78 is 15.2. The van der Waals surface area contributed by atoms with Crippen molar-refractivity contribution in [2.24, 2.45) is 0 Å². The number of nitrogens with zero attached hydrogens (tertiary/aromatic N) is 4. The monoisotopic (exact) mass is 359 g/mol. The van der Waals surface area contributed by atoms with Gasteiger partial charge in [-0.2, -0.15) is 5.10 Å². The van der Waals surface area contributed by atoms with E-state index in [0.717, 1.165) is 37.8 Å². The van der Waals surface area contributed by atoms with Crippen molar-refractivity contribution in [2.45, 2.75) is 50.7 Å². The summed E-state index contributed by atoms with van der Waals surface area (Å²) in [7, 11) is 2.08. The smallest absolute Gasteiger partial charge is 0.220 e. The normalized spacial score (nSPS) is 20.8. The predicted octanol–water partition coefficient (Wildman–Crippen LogP) is 2.02. The summed E-state index contributed by atoms with van der Waals surface area (Å²) in [5.41, 5.74) is 0.967. The van der Waals surface area contributed by atoms with E-state index in [1.54, 1.807) is 23.1 Å². The van der Waals surface area contributed by atoms with Crippen molar-refractivity contribution < 1.29 is 9.18 Å². The van der Waals surface area contributed by atoms with Crippen molar-refractivity contribution in [1.29, 1.82) is 0 Å². The number of aryl methyl sites for hydroxylation is 1. The van der Waals surface area contributed by atoms with Crippen LogP contribution in [0.15, 0.2) is 36.9 Å². The van der Waals surface area contributed by atoms with Crippen molar-refractivity contribution in [3.63, 3.8) is 0 Å². The minimum Gasteiger partial charge on any atom is -0.352 e. The lowest BCUT2D eigenvalue weighted by Gasteiger charge is -2.39. The van der Waals surface area contributed by atoms with Gasteiger partial charge in [-0.05, 0) is 57.0 Å². The molecule has 0 unspecified atom stereocenters. The highest BCUT2D eigenvalue weighted by Gasteiger charge is 2.30. The molecule has 2 atom stereocenters. The number of hydrogen-bond donors (Lipinski definition) is 1. The van der Waals surface area contributed by atoms with Gasteiger partial charge >= 0.3 is 0 Å². The molecule has 3 rings (SSSR count). The molecule has 1 aliphatic heterocycles. The Morgan fingerprint density at radius 3 is 3.08 bits per heavy atom. The zero-order valence-corrected chi connectivity index (χ0v) is 15.1. The maximum absolute atomic E-state index is 13.5. The molecule has 1 aliphatic rings. The fourth-order valence-electron chi connectivity index (χ4n) is 3.63. The summed E-state index contributed by atoms with van der Waals surface area (Å²) in [6, 6.07) is 7.01. The van der Waals surface area contributed by atoms with Gasteiger partial charge in [-0.1, -0.05) is 12.1 Å². The van der Waals surface area contributed by atoms with E-state index in [1.165, 1.54) is 12.4 Å². The Bertz CT molecular complexity index is 706. The van der Waals surface area contributed by atoms with Gasteiger partial charge in [0.1, 0.15) is 18.5 Å². The van der Waals surface area contributed by atoms with Crippen molar-refractivity contribution >= 4 is 5.91 Å². The van der Waals surface area contributed by atoms with E-state index in [0.29, 0.717) is 13.0 Å². The third-order valence-electron chi connectivity index (χ3n) is 4.99. The summed E-state index contributed by atoms with van der Waals surface area (Å²) >= 11 is 0. The lowest BCUT2D eigenvalue weighted by molar-refractivity contribution is -0.122. The molecule has 0 bridgehead atoms.